The third-order valence-corrected chi connectivity index (χ3v) is 4.88. The van der Waals surface area contributed by atoms with Gasteiger partial charge in [-0.25, -0.2) is 9.48 Å². The van der Waals surface area contributed by atoms with E-state index in [0.29, 0.717) is 11.3 Å². The first kappa shape index (κ1) is 20.0. The molecular weight excluding hydrogens is 358 g/mol. The highest BCUT2D eigenvalue weighted by Crippen LogP contribution is 2.23. The van der Waals surface area contributed by atoms with Gasteiger partial charge in [-0.05, 0) is 44.4 Å². The standard InChI is InChI=1S/C20H27N5O3/c1-14(2)21-19(26)18-13-25(23-22-18)17-8-10-24(11-9-17)12-15-4-6-16(7-5-15)20(27)28-3/h4-7,13-14,17H,8-12H2,1-3H3,(H,21,26). The second-order valence-corrected chi connectivity index (χ2v) is 7.41. The van der Waals surface area contributed by atoms with Crippen molar-refractivity contribution in [2.24, 2.45) is 0 Å². The van der Waals surface area contributed by atoms with Gasteiger partial charge >= 0.3 is 5.97 Å². The van der Waals surface area contributed by atoms with Gasteiger partial charge in [0.05, 0.1) is 24.9 Å². The number of nitrogens with one attached hydrogen (secondary N) is 1. The highest BCUT2D eigenvalue weighted by Gasteiger charge is 2.23. The van der Waals surface area contributed by atoms with Crippen LogP contribution in [0, 0.1) is 0 Å². The Kier molecular flexibility index (Phi) is 6.41. The molecule has 0 aliphatic carbocycles. The van der Waals surface area contributed by atoms with Crippen molar-refractivity contribution in [3.63, 3.8) is 0 Å². The number of likely N-dealkylation sites (tertiary alicyclic amines) is 1. The number of rotatable bonds is 6. The summed E-state index contributed by atoms with van der Waals surface area (Å²) in [6.07, 6.45) is 3.65. The van der Waals surface area contributed by atoms with Gasteiger partial charge in [-0.15, -0.1) is 5.10 Å². The number of carbonyl (C=O) groups is 2. The summed E-state index contributed by atoms with van der Waals surface area (Å²) < 4.78 is 6.54. The van der Waals surface area contributed by atoms with Crippen molar-refractivity contribution < 1.29 is 14.3 Å². The fourth-order valence-corrected chi connectivity index (χ4v) is 3.36. The minimum atomic E-state index is -0.318. The Labute approximate surface area is 164 Å². The average molecular weight is 385 g/mol. The van der Waals surface area contributed by atoms with E-state index in [0.717, 1.165) is 32.5 Å². The number of methoxy groups -OCH3 is 1. The molecule has 1 aromatic carbocycles. The van der Waals surface area contributed by atoms with Crippen LogP contribution in [-0.2, 0) is 11.3 Å². The molecule has 0 atom stereocenters. The highest BCUT2D eigenvalue weighted by atomic mass is 16.5. The SMILES string of the molecule is COC(=O)c1ccc(CN2CCC(n3cc(C(=O)NC(C)C)nn3)CC2)cc1. The van der Waals surface area contributed by atoms with E-state index in [9.17, 15) is 9.59 Å². The van der Waals surface area contributed by atoms with Gasteiger partial charge in [-0.3, -0.25) is 9.69 Å². The lowest BCUT2D eigenvalue weighted by Crippen LogP contribution is -2.34. The van der Waals surface area contributed by atoms with Crippen molar-refractivity contribution in [1.29, 1.82) is 0 Å². The summed E-state index contributed by atoms with van der Waals surface area (Å²) in [5.41, 5.74) is 2.09. The molecule has 1 N–H and O–H groups in total. The number of hydrogen-bond donors (Lipinski definition) is 1. The monoisotopic (exact) mass is 385 g/mol. The van der Waals surface area contributed by atoms with Gasteiger partial charge in [-0.1, -0.05) is 17.3 Å². The molecule has 2 aromatic rings. The Morgan fingerprint density at radius 1 is 1.21 bits per heavy atom. The number of hydrogen-bond acceptors (Lipinski definition) is 6. The van der Waals surface area contributed by atoms with E-state index in [1.54, 1.807) is 18.3 Å². The summed E-state index contributed by atoms with van der Waals surface area (Å²) in [4.78, 5) is 25.9. The molecular formula is C20H27N5O3. The quantitative estimate of drug-likeness (QED) is 0.766. The van der Waals surface area contributed by atoms with Crippen LogP contribution in [0.4, 0.5) is 0 Å². The molecule has 0 radical (unpaired) electrons. The Bertz CT molecular complexity index is 808. The van der Waals surface area contributed by atoms with Crippen LogP contribution in [0.25, 0.3) is 0 Å². The third-order valence-electron chi connectivity index (χ3n) is 4.88. The Hall–Kier alpha value is -2.74. The molecule has 0 spiro atoms. The van der Waals surface area contributed by atoms with Crippen LogP contribution >= 0.6 is 0 Å². The lowest BCUT2D eigenvalue weighted by atomic mass is 10.0. The van der Waals surface area contributed by atoms with E-state index in [2.05, 4.69) is 20.5 Å². The Morgan fingerprint density at radius 3 is 2.50 bits per heavy atom. The first-order chi connectivity index (χ1) is 13.5. The molecule has 28 heavy (non-hydrogen) atoms. The van der Waals surface area contributed by atoms with Crippen LogP contribution in [-0.4, -0.2) is 58.0 Å². The van der Waals surface area contributed by atoms with Crippen LogP contribution in [0.3, 0.4) is 0 Å². The maximum absolute atomic E-state index is 12.0. The second kappa shape index (κ2) is 8.97. The molecule has 0 bridgehead atoms. The number of ether oxygens (including phenoxy) is 1. The van der Waals surface area contributed by atoms with Crippen molar-refractivity contribution in [3.8, 4) is 0 Å². The van der Waals surface area contributed by atoms with Crippen molar-refractivity contribution in [1.82, 2.24) is 25.2 Å². The van der Waals surface area contributed by atoms with Crippen molar-refractivity contribution >= 4 is 11.9 Å². The first-order valence-electron chi connectivity index (χ1n) is 9.58. The van der Waals surface area contributed by atoms with E-state index in [4.69, 9.17) is 4.74 Å². The Balaban J connectivity index is 1.51. The summed E-state index contributed by atoms with van der Waals surface area (Å²) in [5, 5.41) is 11.0. The topological polar surface area (TPSA) is 89.4 Å². The summed E-state index contributed by atoms with van der Waals surface area (Å²) in [6.45, 7) is 6.56. The molecule has 0 saturated carbocycles. The smallest absolute Gasteiger partial charge is 0.337 e. The first-order valence-corrected chi connectivity index (χ1v) is 9.58. The molecule has 1 aromatic heterocycles. The molecule has 1 aliphatic rings. The van der Waals surface area contributed by atoms with Gasteiger partial charge in [0, 0.05) is 25.7 Å². The fourth-order valence-electron chi connectivity index (χ4n) is 3.36. The lowest BCUT2D eigenvalue weighted by molar-refractivity contribution is 0.0600. The molecule has 0 unspecified atom stereocenters. The second-order valence-electron chi connectivity index (χ2n) is 7.41. The largest absolute Gasteiger partial charge is 0.465 e. The molecule has 150 valence electrons. The van der Waals surface area contributed by atoms with E-state index < -0.39 is 0 Å². The number of esters is 1. The van der Waals surface area contributed by atoms with E-state index in [1.807, 2.05) is 30.7 Å². The number of carbonyl (C=O) groups excluding carboxylic acids is 2. The van der Waals surface area contributed by atoms with E-state index >= 15 is 0 Å². The summed E-state index contributed by atoms with van der Waals surface area (Å²) in [6, 6.07) is 7.86. The van der Waals surface area contributed by atoms with Crippen molar-refractivity contribution in [2.45, 2.75) is 45.3 Å². The zero-order chi connectivity index (χ0) is 20.1. The van der Waals surface area contributed by atoms with Gasteiger partial charge in [0.15, 0.2) is 5.69 Å². The van der Waals surface area contributed by atoms with Crippen LogP contribution in [0.2, 0.25) is 0 Å². The van der Waals surface area contributed by atoms with E-state index in [1.165, 1.54) is 12.7 Å². The van der Waals surface area contributed by atoms with Crippen molar-refractivity contribution in [2.75, 3.05) is 20.2 Å². The fraction of sp³-hybridized carbons (Fsp3) is 0.500. The molecule has 1 amide bonds. The summed E-state index contributed by atoms with van der Waals surface area (Å²) in [5.74, 6) is -0.504. The predicted octanol–water partition coefficient (Wildman–Crippen LogP) is 2.04. The number of benzene rings is 1. The zero-order valence-electron chi connectivity index (χ0n) is 16.6. The number of nitrogens with zero attached hydrogens (tertiary/aromatic N) is 4. The molecule has 3 rings (SSSR count). The summed E-state index contributed by atoms with van der Waals surface area (Å²) in [7, 11) is 1.38. The minimum absolute atomic E-state index is 0.0718. The van der Waals surface area contributed by atoms with Gasteiger partial charge in [0.25, 0.3) is 5.91 Å². The molecule has 8 nitrogen and oxygen atoms in total. The molecule has 8 heteroatoms. The Morgan fingerprint density at radius 2 is 1.89 bits per heavy atom. The highest BCUT2D eigenvalue weighted by molar-refractivity contribution is 5.92. The van der Waals surface area contributed by atoms with Gasteiger partial charge in [0.1, 0.15) is 0 Å². The molecule has 1 aliphatic heterocycles. The normalized spacial score (nSPS) is 15.6. The summed E-state index contributed by atoms with van der Waals surface area (Å²) >= 11 is 0. The lowest BCUT2D eigenvalue weighted by Gasteiger charge is -2.31. The van der Waals surface area contributed by atoms with E-state index in [-0.39, 0.29) is 24.0 Å². The maximum atomic E-state index is 12.0. The molecule has 1 saturated heterocycles. The van der Waals surface area contributed by atoms with Crippen LogP contribution in [0.5, 0.6) is 0 Å². The van der Waals surface area contributed by atoms with Gasteiger partial charge in [0.2, 0.25) is 0 Å². The van der Waals surface area contributed by atoms with Crippen LogP contribution < -0.4 is 5.32 Å². The predicted molar refractivity (Wildman–Crippen MR) is 104 cm³/mol. The maximum Gasteiger partial charge on any atom is 0.337 e. The van der Waals surface area contributed by atoms with Crippen LogP contribution in [0.15, 0.2) is 30.5 Å². The number of aromatic nitrogens is 3. The van der Waals surface area contributed by atoms with Crippen LogP contribution in [0.1, 0.15) is 59.1 Å². The van der Waals surface area contributed by atoms with Gasteiger partial charge in [-0.2, -0.15) is 0 Å². The molecule has 1 fully saturated rings. The van der Waals surface area contributed by atoms with Crippen molar-refractivity contribution in [3.05, 3.63) is 47.3 Å². The number of amides is 1. The van der Waals surface area contributed by atoms with Gasteiger partial charge < -0.3 is 10.1 Å². The average Bonchev–Trinajstić information content (AvgIpc) is 3.18. The zero-order valence-corrected chi connectivity index (χ0v) is 16.6. The molecule has 2 heterocycles. The third kappa shape index (κ3) is 4.95. The minimum Gasteiger partial charge on any atom is -0.465 e. The number of piperidine rings is 1.